The first-order valence-electron chi connectivity index (χ1n) is 4.75. The molecular weight excluding hydrogens is 176 g/mol. The lowest BCUT2D eigenvalue weighted by atomic mass is 10.0. The molecule has 0 fully saturated rings. The molecule has 1 rings (SSSR count). The van der Waals surface area contributed by atoms with Crippen LogP contribution >= 0.6 is 11.3 Å². The first-order valence-corrected chi connectivity index (χ1v) is 5.63. The molecule has 0 aliphatic heterocycles. The van der Waals surface area contributed by atoms with Gasteiger partial charge in [-0.15, -0.1) is 23.2 Å². The quantitative estimate of drug-likeness (QED) is 0.622. The van der Waals surface area contributed by atoms with Crippen molar-refractivity contribution in [1.29, 1.82) is 0 Å². The van der Waals surface area contributed by atoms with Gasteiger partial charge in [-0.1, -0.05) is 13.8 Å². The number of rotatable bonds is 2. The van der Waals surface area contributed by atoms with E-state index >= 15 is 0 Å². The van der Waals surface area contributed by atoms with E-state index in [2.05, 4.69) is 44.1 Å². The number of hydrogen-bond donors (Lipinski definition) is 0. The average Bonchev–Trinajstić information content (AvgIpc) is 2.52. The largest absolute Gasteiger partial charge is 0.148 e. The minimum Gasteiger partial charge on any atom is -0.148 e. The number of aryl methyl sites for hydroxylation is 1. The molecule has 0 amide bonds. The summed E-state index contributed by atoms with van der Waals surface area (Å²) in [5.41, 5.74) is 1.41. The Hall–Kier alpha value is -0.740. The average molecular weight is 192 g/mol. The van der Waals surface area contributed by atoms with Crippen molar-refractivity contribution in [2.75, 3.05) is 0 Å². The van der Waals surface area contributed by atoms with Crippen molar-refractivity contribution in [3.63, 3.8) is 0 Å². The zero-order chi connectivity index (χ0) is 9.68. The molecule has 1 aromatic heterocycles. The van der Waals surface area contributed by atoms with Crippen LogP contribution in [0.3, 0.4) is 0 Å². The second-order valence-corrected chi connectivity index (χ2v) is 4.23. The number of hydrogen-bond acceptors (Lipinski definition) is 1. The summed E-state index contributed by atoms with van der Waals surface area (Å²) in [4.78, 5) is 1.49. The van der Waals surface area contributed by atoms with Crippen LogP contribution in [0.5, 0.6) is 0 Å². The third kappa shape index (κ3) is 2.90. The summed E-state index contributed by atoms with van der Waals surface area (Å²) in [6, 6.07) is 2.18. The van der Waals surface area contributed by atoms with Crippen molar-refractivity contribution in [2.24, 2.45) is 0 Å². The van der Waals surface area contributed by atoms with E-state index in [4.69, 9.17) is 0 Å². The molecule has 1 heterocycles. The Morgan fingerprint density at radius 1 is 1.46 bits per heavy atom. The van der Waals surface area contributed by atoms with Crippen LogP contribution in [-0.4, -0.2) is 0 Å². The second-order valence-electron chi connectivity index (χ2n) is 3.28. The summed E-state index contributed by atoms with van der Waals surface area (Å²) in [6.45, 7) is 6.52. The molecular formula is C12H16S. The maximum Gasteiger partial charge on any atom is 0.0163 e. The van der Waals surface area contributed by atoms with Gasteiger partial charge in [-0.25, -0.2) is 0 Å². The molecule has 1 unspecified atom stereocenters. The highest BCUT2D eigenvalue weighted by Gasteiger charge is 2.07. The van der Waals surface area contributed by atoms with E-state index in [1.807, 2.05) is 11.3 Å². The Labute approximate surface area is 85.0 Å². The van der Waals surface area contributed by atoms with Gasteiger partial charge in [0.2, 0.25) is 0 Å². The fraction of sp³-hybridized carbons (Fsp3) is 0.500. The summed E-state index contributed by atoms with van der Waals surface area (Å²) >= 11 is 1.85. The minimum absolute atomic E-state index is 0.596. The molecule has 1 heteroatoms. The van der Waals surface area contributed by atoms with Crippen LogP contribution in [0.1, 0.15) is 43.0 Å². The maximum absolute atomic E-state index is 3.21. The molecule has 0 saturated heterocycles. The third-order valence-electron chi connectivity index (χ3n) is 2.06. The second kappa shape index (κ2) is 5.09. The van der Waals surface area contributed by atoms with Crippen molar-refractivity contribution in [3.8, 4) is 11.8 Å². The van der Waals surface area contributed by atoms with Gasteiger partial charge in [-0.3, -0.25) is 0 Å². The zero-order valence-electron chi connectivity index (χ0n) is 8.55. The van der Waals surface area contributed by atoms with Gasteiger partial charge in [0.1, 0.15) is 0 Å². The molecule has 1 atom stereocenters. The summed E-state index contributed by atoms with van der Waals surface area (Å²) in [5.74, 6) is 6.92. The minimum atomic E-state index is 0.596. The highest BCUT2D eigenvalue weighted by atomic mass is 32.1. The molecule has 1 aromatic rings. The predicted molar refractivity (Wildman–Crippen MR) is 60.2 cm³/mol. The van der Waals surface area contributed by atoms with Crippen molar-refractivity contribution in [3.05, 3.63) is 21.9 Å². The van der Waals surface area contributed by atoms with Crippen LogP contribution in [0, 0.1) is 18.8 Å². The van der Waals surface area contributed by atoms with Gasteiger partial charge in [0.05, 0.1) is 0 Å². The first kappa shape index (κ1) is 10.3. The van der Waals surface area contributed by atoms with Crippen LogP contribution in [0.2, 0.25) is 0 Å². The fourth-order valence-electron chi connectivity index (χ4n) is 1.33. The standard InChI is InChI=1S/C12H16S/c1-4-5-6-7-10(2)12-11(3)8-9-13-12/h8-10H,4,7H2,1-3H3. The topological polar surface area (TPSA) is 0 Å². The Kier molecular flexibility index (Phi) is 4.05. The van der Waals surface area contributed by atoms with E-state index in [1.165, 1.54) is 10.4 Å². The van der Waals surface area contributed by atoms with Crippen LogP contribution in [0.15, 0.2) is 11.4 Å². The van der Waals surface area contributed by atoms with E-state index in [9.17, 15) is 0 Å². The fourth-order valence-corrected chi connectivity index (χ4v) is 2.32. The predicted octanol–water partition coefficient (Wildman–Crippen LogP) is 3.96. The maximum atomic E-state index is 3.21. The zero-order valence-corrected chi connectivity index (χ0v) is 9.37. The molecule has 0 radical (unpaired) electrons. The van der Waals surface area contributed by atoms with Gasteiger partial charge < -0.3 is 0 Å². The molecule has 13 heavy (non-hydrogen) atoms. The van der Waals surface area contributed by atoms with Crippen LogP contribution in [0.4, 0.5) is 0 Å². The molecule has 0 aliphatic rings. The highest BCUT2D eigenvalue weighted by molar-refractivity contribution is 7.10. The Morgan fingerprint density at radius 2 is 2.23 bits per heavy atom. The van der Waals surface area contributed by atoms with E-state index < -0.39 is 0 Å². The van der Waals surface area contributed by atoms with Crippen molar-refractivity contribution in [1.82, 2.24) is 0 Å². The lowest BCUT2D eigenvalue weighted by molar-refractivity contribution is 0.807. The third-order valence-corrected chi connectivity index (χ3v) is 3.31. The van der Waals surface area contributed by atoms with Crippen LogP contribution < -0.4 is 0 Å². The smallest absolute Gasteiger partial charge is 0.0163 e. The van der Waals surface area contributed by atoms with Gasteiger partial charge in [-0.2, -0.15) is 0 Å². The SMILES string of the molecule is CCC#CCC(C)c1sccc1C. The van der Waals surface area contributed by atoms with Gasteiger partial charge >= 0.3 is 0 Å². The monoisotopic (exact) mass is 192 g/mol. The lowest BCUT2D eigenvalue weighted by Gasteiger charge is -2.05. The van der Waals surface area contributed by atoms with Crippen LogP contribution in [0.25, 0.3) is 0 Å². The van der Waals surface area contributed by atoms with E-state index in [0.29, 0.717) is 5.92 Å². The normalized spacial score (nSPS) is 11.9. The lowest BCUT2D eigenvalue weighted by Crippen LogP contribution is -1.90. The molecule has 0 saturated carbocycles. The van der Waals surface area contributed by atoms with Crippen molar-refractivity contribution in [2.45, 2.75) is 39.5 Å². The van der Waals surface area contributed by atoms with E-state index in [-0.39, 0.29) is 0 Å². The van der Waals surface area contributed by atoms with Crippen molar-refractivity contribution >= 4 is 11.3 Å². The van der Waals surface area contributed by atoms with Gasteiger partial charge in [0.25, 0.3) is 0 Å². The Morgan fingerprint density at radius 3 is 2.77 bits per heavy atom. The van der Waals surface area contributed by atoms with Gasteiger partial charge in [-0.05, 0) is 23.9 Å². The molecule has 70 valence electrons. The molecule has 0 nitrogen and oxygen atoms in total. The summed E-state index contributed by atoms with van der Waals surface area (Å²) < 4.78 is 0. The molecule has 0 spiro atoms. The van der Waals surface area contributed by atoms with E-state index in [0.717, 1.165) is 12.8 Å². The molecule has 0 bridgehead atoms. The van der Waals surface area contributed by atoms with E-state index in [1.54, 1.807) is 0 Å². The van der Waals surface area contributed by atoms with Crippen molar-refractivity contribution < 1.29 is 0 Å². The Balaban J connectivity index is 2.58. The Bertz CT molecular complexity index is 311. The summed E-state index contributed by atoms with van der Waals surface area (Å²) in [7, 11) is 0. The first-order chi connectivity index (χ1) is 6.25. The molecule has 0 N–H and O–H groups in total. The van der Waals surface area contributed by atoms with Gasteiger partial charge in [0, 0.05) is 23.6 Å². The van der Waals surface area contributed by atoms with Gasteiger partial charge in [0.15, 0.2) is 0 Å². The molecule has 0 aromatic carbocycles. The summed E-state index contributed by atoms with van der Waals surface area (Å²) in [6.07, 6.45) is 1.96. The number of thiophene rings is 1. The van der Waals surface area contributed by atoms with Crippen LogP contribution in [-0.2, 0) is 0 Å². The molecule has 0 aliphatic carbocycles. The highest BCUT2D eigenvalue weighted by Crippen LogP contribution is 2.27. The summed E-state index contributed by atoms with van der Waals surface area (Å²) in [5, 5.41) is 2.16.